The summed E-state index contributed by atoms with van der Waals surface area (Å²) in [5, 5.41) is 0.888. The van der Waals surface area contributed by atoms with E-state index in [9.17, 15) is 9.59 Å². The molecule has 2 heterocycles. The molecule has 0 unspecified atom stereocenters. The zero-order valence-electron chi connectivity index (χ0n) is 16.3. The summed E-state index contributed by atoms with van der Waals surface area (Å²) in [6, 6.07) is 17.8. The Hall–Kier alpha value is -2.88. The smallest absolute Gasteiger partial charge is 0.261 e. The van der Waals surface area contributed by atoms with Gasteiger partial charge in [0.1, 0.15) is 5.56 Å². The molecule has 1 saturated heterocycles. The quantitative estimate of drug-likeness (QED) is 0.739. The average molecular weight is 374 g/mol. The predicted octanol–water partition coefficient (Wildman–Crippen LogP) is 4.32. The van der Waals surface area contributed by atoms with Gasteiger partial charge in [0.05, 0.1) is 0 Å². The maximum atomic E-state index is 13.0. The summed E-state index contributed by atoms with van der Waals surface area (Å²) in [5.74, 6) is 0.337. The van der Waals surface area contributed by atoms with E-state index in [-0.39, 0.29) is 17.0 Å². The molecule has 3 aromatic rings. The fraction of sp³-hybridized carbons (Fsp3) is 0.333. The lowest BCUT2D eigenvalue weighted by Crippen LogP contribution is -2.42. The monoisotopic (exact) mass is 374 g/mol. The molecule has 4 nitrogen and oxygen atoms in total. The number of nitrogens with zero attached hydrogens (tertiary/aromatic N) is 1. The van der Waals surface area contributed by atoms with Crippen molar-refractivity contribution in [3.05, 3.63) is 81.6 Å². The minimum absolute atomic E-state index is 0.146. The van der Waals surface area contributed by atoms with Crippen LogP contribution in [0.1, 0.15) is 40.7 Å². The summed E-state index contributed by atoms with van der Waals surface area (Å²) >= 11 is 0. The van der Waals surface area contributed by atoms with Crippen LogP contribution in [0.4, 0.5) is 0 Å². The third-order valence-corrected chi connectivity index (χ3v) is 5.87. The van der Waals surface area contributed by atoms with E-state index in [2.05, 4.69) is 36.2 Å². The van der Waals surface area contributed by atoms with Crippen molar-refractivity contribution in [1.29, 1.82) is 0 Å². The van der Waals surface area contributed by atoms with E-state index in [1.54, 1.807) is 6.07 Å². The van der Waals surface area contributed by atoms with Crippen LogP contribution in [0.2, 0.25) is 0 Å². The highest BCUT2D eigenvalue weighted by molar-refractivity contribution is 5.97. The minimum Gasteiger partial charge on any atom is -0.338 e. The van der Waals surface area contributed by atoms with Crippen molar-refractivity contribution in [2.24, 2.45) is 5.92 Å². The molecule has 2 aromatic carbocycles. The third-order valence-electron chi connectivity index (χ3n) is 5.87. The Morgan fingerprint density at radius 2 is 1.93 bits per heavy atom. The normalized spacial score (nSPS) is 17.0. The number of aromatic nitrogens is 1. The number of likely N-dealkylation sites (tertiary alicyclic amines) is 1. The number of carbonyl (C=O) groups excluding carboxylic acids is 1. The summed E-state index contributed by atoms with van der Waals surface area (Å²) in [7, 11) is 0. The second-order valence-corrected chi connectivity index (χ2v) is 7.82. The number of hydrogen-bond acceptors (Lipinski definition) is 2. The molecule has 1 aliphatic heterocycles. The van der Waals surface area contributed by atoms with Gasteiger partial charge in [0.15, 0.2) is 0 Å². The van der Waals surface area contributed by atoms with E-state index in [1.807, 2.05) is 29.2 Å². The van der Waals surface area contributed by atoms with Gasteiger partial charge in [-0.05, 0) is 67.2 Å². The first-order valence-corrected chi connectivity index (χ1v) is 10.1. The molecule has 0 saturated carbocycles. The Bertz CT molecular complexity index is 1050. The maximum Gasteiger partial charge on any atom is 0.261 e. The number of rotatable bonds is 4. The average Bonchev–Trinajstić information content (AvgIpc) is 2.72. The standard InChI is InChI=1S/C24H26N2O2/c1-17-7-2-3-9-19(17)13-12-18-8-6-14-26(16-18)24(28)21-15-20-10-4-5-11-22(20)25-23(21)27/h2-5,7,9-11,15,18H,6,8,12-14,16H2,1H3,(H,25,27)/t18-/m1/s1. The number of amides is 1. The van der Waals surface area contributed by atoms with Gasteiger partial charge in [0.25, 0.3) is 11.5 Å². The first-order valence-electron chi connectivity index (χ1n) is 10.1. The topological polar surface area (TPSA) is 53.2 Å². The summed E-state index contributed by atoms with van der Waals surface area (Å²) in [5.41, 5.74) is 3.42. The lowest BCUT2D eigenvalue weighted by atomic mass is 9.90. The molecule has 1 atom stereocenters. The van der Waals surface area contributed by atoms with Gasteiger partial charge in [0, 0.05) is 18.6 Å². The fourth-order valence-electron chi connectivity index (χ4n) is 4.21. The number of benzene rings is 2. The summed E-state index contributed by atoms with van der Waals surface area (Å²) in [6.45, 7) is 3.61. The Morgan fingerprint density at radius 3 is 2.79 bits per heavy atom. The molecule has 1 fully saturated rings. The van der Waals surface area contributed by atoms with Crippen LogP contribution >= 0.6 is 0 Å². The first-order chi connectivity index (χ1) is 13.6. The number of piperidine rings is 1. The second kappa shape index (κ2) is 8.01. The summed E-state index contributed by atoms with van der Waals surface area (Å²) in [4.78, 5) is 30.2. The van der Waals surface area contributed by atoms with Gasteiger partial charge in [-0.2, -0.15) is 0 Å². The molecule has 144 valence electrons. The van der Waals surface area contributed by atoms with E-state index < -0.39 is 0 Å². The number of para-hydroxylation sites is 1. The summed E-state index contributed by atoms with van der Waals surface area (Å²) in [6.07, 6.45) is 4.25. The van der Waals surface area contributed by atoms with E-state index in [4.69, 9.17) is 0 Å². The molecular formula is C24H26N2O2. The van der Waals surface area contributed by atoms with Crippen LogP contribution in [0.25, 0.3) is 10.9 Å². The molecule has 1 aliphatic rings. The number of aromatic amines is 1. The van der Waals surface area contributed by atoms with Crippen molar-refractivity contribution in [3.63, 3.8) is 0 Å². The van der Waals surface area contributed by atoms with Crippen LogP contribution in [0.3, 0.4) is 0 Å². The van der Waals surface area contributed by atoms with Crippen LogP contribution in [0.15, 0.2) is 59.4 Å². The lowest BCUT2D eigenvalue weighted by Gasteiger charge is -2.33. The Kier molecular flexibility index (Phi) is 5.29. The van der Waals surface area contributed by atoms with Crippen molar-refractivity contribution >= 4 is 16.8 Å². The van der Waals surface area contributed by atoms with Gasteiger partial charge in [-0.1, -0.05) is 42.5 Å². The number of fused-ring (bicyclic) bond motifs is 1. The van der Waals surface area contributed by atoms with Crippen molar-refractivity contribution in [2.45, 2.75) is 32.6 Å². The molecule has 1 amide bonds. The molecule has 4 heteroatoms. The van der Waals surface area contributed by atoms with Crippen LogP contribution in [-0.2, 0) is 6.42 Å². The molecule has 4 rings (SSSR count). The number of hydrogen-bond donors (Lipinski definition) is 1. The highest BCUT2D eigenvalue weighted by Gasteiger charge is 2.26. The SMILES string of the molecule is Cc1ccccc1CC[C@H]1CCCN(C(=O)c2cc3ccccc3[nH]c2=O)C1. The molecule has 0 spiro atoms. The fourth-order valence-corrected chi connectivity index (χ4v) is 4.21. The van der Waals surface area contributed by atoms with Crippen molar-refractivity contribution in [2.75, 3.05) is 13.1 Å². The van der Waals surface area contributed by atoms with Crippen LogP contribution < -0.4 is 5.56 Å². The van der Waals surface area contributed by atoms with Gasteiger partial charge >= 0.3 is 0 Å². The molecule has 1 aromatic heterocycles. The summed E-state index contributed by atoms with van der Waals surface area (Å²) < 4.78 is 0. The molecule has 28 heavy (non-hydrogen) atoms. The van der Waals surface area contributed by atoms with E-state index in [0.29, 0.717) is 5.92 Å². The highest BCUT2D eigenvalue weighted by Crippen LogP contribution is 2.24. The third kappa shape index (κ3) is 3.86. The first kappa shape index (κ1) is 18.5. The predicted molar refractivity (Wildman–Crippen MR) is 113 cm³/mol. The van der Waals surface area contributed by atoms with Crippen LogP contribution in [0.5, 0.6) is 0 Å². The van der Waals surface area contributed by atoms with Gasteiger partial charge < -0.3 is 9.88 Å². The number of aryl methyl sites for hydroxylation is 2. The maximum absolute atomic E-state index is 13.0. The van der Waals surface area contributed by atoms with Gasteiger partial charge in [0.2, 0.25) is 0 Å². The van der Waals surface area contributed by atoms with Gasteiger partial charge in [-0.25, -0.2) is 0 Å². The Morgan fingerprint density at radius 1 is 1.14 bits per heavy atom. The Balaban J connectivity index is 1.47. The number of H-pyrrole nitrogens is 1. The van der Waals surface area contributed by atoms with Crippen molar-refractivity contribution < 1.29 is 4.79 Å². The largest absolute Gasteiger partial charge is 0.338 e. The van der Waals surface area contributed by atoms with Crippen LogP contribution in [-0.4, -0.2) is 28.9 Å². The molecule has 0 radical (unpaired) electrons. The number of pyridine rings is 1. The van der Waals surface area contributed by atoms with E-state index >= 15 is 0 Å². The van der Waals surface area contributed by atoms with E-state index in [0.717, 1.165) is 49.7 Å². The number of nitrogens with one attached hydrogen (secondary N) is 1. The molecule has 0 bridgehead atoms. The van der Waals surface area contributed by atoms with Crippen LogP contribution in [0, 0.1) is 12.8 Å². The zero-order chi connectivity index (χ0) is 19.5. The van der Waals surface area contributed by atoms with Crippen molar-refractivity contribution in [3.8, 4) is 0 Å². The zero-order valence-corrected chi connectivity index (χ0v) is 16.3. The molecule has 1 N–H and O–H groups in total. The highest BCUT2D eigenvalue weighted by atomic mass is 16.2. The minimum atomic E-state index is -0.300. The second-order valence-electron chi connectivity index (χ2n) is 7.82. The lowest BCUT2D eigenvalue weighted by molar-refractivity contribution is 0.0666. The Labute approximate surface area is 165 Å². The van der Waals surface area contributed by atoms with Crippen molar-refractivity contribution in [1.82, 2.24) is 9.88 Å². The van der Waals surface area contributed by atoms with Gasteiger partial charge in [-0.15, -0.1) is 0 Å². The molecular weight excluding hydrogens is 348 g/mol. The molecule has 0 aliphatic carbocycles. The van der Waals surface area contributed by atoms with Gasteiger partial charge in [-0.3, -0.25) is 9.59 Å². The number of carbonyl (C=O) groups is 1. The van der Waals surface area contributed by atoms with E-state index in [1.165, 1.54) is 11.1 Å².